The quantitative estimate of drug-likeness (QED) is 0.562. The number of rotatable bonds is 5. The molecule has 0 heterocycles. The molecule has 0 aliphatic heterocycles. The fourth-order valence-corrected chi connectivity index (χ4v) is 3.56. The molecule has 3 aromatic rings. The van der Waals surface area contributed by atoms with Crippen molar-refractivity contribution in [2.75, 3.05) is 0 Å². The van der Waals surface area contributed by atoms with Crippen molar-refractivity contribution in [3.8, 4) is 16.9 Å². The number of aromatic carboxylic acids is 1. The summed E-state index contributed by atoms with van der Waals surface area (Å²) >= 11 is 0. The zero-order chi connectivity index (χ0) is 22.2. The van der Waals surface area contributed by atoms with E-state index in [0.717, 1.165) is 23.3 Å². The summed E-state index contributed by atoms with van der Waals surface area (Å²) in [5.74, 6) is -0.607. The van der Waals surface area contributed by atoms with Gasteiger partial charge in [0.15, 0.2) is 5.78 Å². The van der Waals surface area contributed by atoms with Crippen LogP contribution in [0, 0.1) is 0 Å². The van der Waals surface area contributed by atoms with Crippen LogP contribution in [0.15, 0.2) is 60.7 Å². The van der Waals surface area contributed by atoms with E-state index >= 15 is 0 Å². The van der Waals surface area contributed by atoms with Gasteiger partial charge in [0.1, 0.15) is 12.4 Å². The normalized spacial score (nSPS) is 13.2. The van der Waals surface area contributed by atoms with Crippen molar-refractivity contribution in [3.63, 3.8) is 0 Å². The van der Waals surface area contributed by atoms with Gasteiger partial charge in [0.05, 0.1) is 11.1 Å². The molecule has 0 spiro atoms. The van der Waals surface area contributed by atoms with E-state index in [1.165, 1.54) is 24.3 Å². The molecule has 4 rings (SSSR count). The lowest BCUT2D eigenvalue weighted by atomic mass is 9.98. The van der Waals surface area contributed by atoms with Crippen LogP contribution in [0.3, 0.4) is 0 Å². The fourth-order valence-electron chi connectivity index (χ4n) is 3.56. The Kier molecular flexibility index (Phi) is 5.27. The molecule has 3 aromatic carbocycles. The number of hydrogen-bond donors (Lipinski definition) is 1. The Morgan fingerprint density at radius 3 is 2.23 bits per heavy atom. The molecule has 0 bridgehead atoms. The highest BCUT2D eigenvalue weighted by atomic mass is 19.4. The Bertz CT molecular complexity index is 1150. The number of carboxylic acids is 1. The summed E-state index contributed by atoms with van der Waals surface area (Å²) in [5.41, 5.74) is 2.84. The molecule has 0 saturated heterocycles. The highest BCUT2D eigenvalue weighted by Gasteiger charge is 2.30. The maximum Gasteiger partial charge on any atom is 0.416 e. The van der Waals surface area contributed by atoms with Crippen molar-refractivity contribution < 1.29 is 32.6 Å². The Morgan fingerprint density at radius 1 is 0.935 bits per heavy atom. The molecule has 0 radical (unpaired) electrons. The van der Waals surface area contributed by atoms with Gasteiger partial charge in [-0.05, 0) is 59.5 Å². The van der Waals surface area contributed by atoms with Gasteiger partial charge in [0.25, 0.3) is 0 Å². The maximum atomic E-state index is 12.8. The number of benzene rings is 3. The van der Waals surface area contributed by atoms with Crippen LogP contribution < -0.4 is 4.74 Å². The molecule has 158 valence electrons. The van der Waals surface area contributed by atoms with Gasteiger partial charge >= 0.3 is 12.1 Å². The van der Waals surface area contributed by atoms with Crippen molar-refractivity contribution >= 4 is 11.8 Å². The zero-order valence-corrected chi connectivity index (χ0v) is 16.2. The first-order valence-electron chi connectivity index (χ1n) is 9.55. The molecule has 0 unspecified atom stereocenters. The fraction of sp³-hybridized carbons (Fsp3) is 0.167. The van der Waals surface area contributed by atoms with Crippen LogP contribution in [0.4, 0.5) is 13.2 Å². The van der Waals surface area contributed by atoms with Crippen molar-refractivity contribution in [3.05, 3.63) is 88.5 Å². The molecule has 0 saturated carbocycles. The van der Waals surface area contributed by atoms with Crippen molar-refractivity contribution in [2.45, 2.75) is 25.6 Å². The topological polar surface area (TPSA) is 63.6 Å². The first-order valence-corrected chi connectivity index (χ1v) is 9.55. The number of carboxylic acid groups (broad SMARTS) is 1. The van der Waals surface area contributed by atoms with Crippen molar-refractivity contribution in [1.29, 1.82) is 0 Å². The lowest BCUT2D eigenvalue weighted by Gasteiger charge is -2.15. The first-order chi connectivity index (χ1) is 14.7. The van der Waals surface area contributed by atoms with Crippen LogP contribution in [0.1, 0.15) is 43.8 Å². The van der Waals surface area contributed by atoms with Crippen LogP contribution >= 0.6 is 0 Å². The second kappa shape index (κ2) is 7.91. The summed E-state index contributed by atoms with van der Waals surface area (Å²) in [5, 5.41) is 9.10. The highest BCUT2D eigenvalue weighted by Crippen LogP contribution is 2.37. The van der Waals surface area contributed by atoms with E-state index in [4.69, 9.17) is 9.84 Å². The van der Waals surface area contributed by atoms with Gasteiger partial charge < -0.3 is 9.84 Å². The van der Waals surface area contributed by atoms with Crippen LogP contribution in [0.2, 0.25) is 0 Å². The minimum Gasteiger partial charge on any atom is -0.488 e. The Balaban J connectivity index is 1.65. The zero-order valence-electron chi connectivity index (χ0n) is 16.2. The summed E-state index contributed by atoms with van der Waals surface area (Å²) in [6.07, 6.45) is -3.38. The van der Waals surface area contributed by atoms with Crippen LogP contribution in [0.25, 0.3) is 11.1 Å². The number of Topliss-reactive ketones (excluding diaryl/α,β-unsaturated/α-hetero) is 1. The number of hydrogen-bond acceptors (Lipinski definition) is 3. The van der Waals surface area contributed by atoms with Crippen LogP contribution in [0.5, 0.6) is 5.75 Å². The average molecular weight is 426 g/mol. The molecule has 1 aliphatic carbocycles. The van der Waals surface area contributed by atoms with Gasteiger partial charge in [-0.2, -0.15) is 13.2 Å². The van der Waals surface area contributed by atoms with Crippen molar-refractivity contribution in [2.24, 2.45) is 0 Å². The lowest BCUT2D eigenvalue weighted by Crippen LogP contribution is -2.05. The van der Waals surface area contributed by atoms with Crippen LogP contribution in [-0.4, -0.2) is 16.9 Å². The molecule has 0 fully saturated rings. The van der Waals surface area contributed by atoms with Gasteiger partial charge in [0, 0.05) is 17.5 Å². The number of ketones is 1. The third-order valence-electron chi connectivity index (χ3n) is 5.25. The predicted molar refractivity (Wildman–Crippen MR) is 107 cm³/mol. The number of carbonyl (C=O) groups is 2. The van der Waals surface area contributed by atoms with Gasteiger partial charge in [-0.3, -0.25) is 4.79 Å². The predicted octanol–water partition coefficient (Wildman–Crippen LogP) is 5.78. The Morgan fingerprint density at radius 2 is 1.61 bits per heavy atom. The molecule has 0 amide bonds. The molecule has 1 N–H and O–H groups in total. The van der Waals surface area contributed by atoms with Crippen molar-refractivity contribution in [1.82, 2.24) is 0 Å². The summed E-state index contributed by atoms with van der Waals surface area (Å²) in [6, 6.07) is 14.5. The third-order valence-corrected chi connectivity index (χ3v) is 5.25. The highest BCUT2D eigenvalue weighted by molar-refractivity contribution is 6.01. The molecule has 1 aliphatic rings. The number of ether oxygens (including phenoxy) is 1. The second-order valence-corrected chi connectivity index (χ2v) is 7.29. The van der Waals surface area contributed by atoms with E-state index in [9.17, 15) is 22.8 Å². The molecule has 7 heteroatoms. The van der Waals surface area contributed by atoms with Gasteiger partial charge in [-0.15, -0.1) is 0 Å². The van der Waals surface area contributed by atoms with E-state index in [1.807, 2.05) is 6.07 Å². The number of alkyl halides is 3. The molecule has 31 heavy (non-hydrogen) atoms. The van der Waals surface area contributed by atoms with Gasteiger partial charge in [-0.25, -0.2) is 4.79 Å². The number of fused-ring (bicyclic) bond motifs is 1. The van der Waals surface area contributed by atoms with E-state index in [0.29, 0.717) is 35.3 Å². The summed E-state index contributed by atoms with van der Waals surface area (Å²) in [4.78, 5) is 23.3. The second-order valence-electron chi connectivity index (χ2n) is 7.29. The number of carbonyl (C=O) groups excluding carboxylic acids is 1. The SMILES string of the molecule is O=C(O)c1ccc(-c2cc3c(cc2OCc2ccc(C(F)(F)F)cc2)C(=O)CC3)cc1. The van der Waals surface area contributed by atoms with Gasteiger partial charge in [-0.1, -0.05) is 24.3 Å². The summed E-state index contributed by atoms with van der Waals surface area (Å²) in [7, 11) is 0. The monoisotopic (exact) mass is 426 g/mol. The number of aryl methyl sites for hydroxylation is 1. The standard InChI is InChI=1S/C24H17F3O4/c25-24(26,27)18-8-1-14(2-9-18)13-31-22-12-19-17(7-10-21(19)28)11-20(22)15-3-5-16(6-4-15)23(29)30/h1-6,8-9,11-12H,7,10,13H2,(H,29,30). The van der Waals surface area contributed by atoms with E-state index in [-0.39, 0.29) is 18.0 Å². The van der Waals surface area contributed by atoms with Crippen LogP contribution in [-0.2, 0) is 19.2 Å². The summed E-state index contributed by atoms with van der Waals surface area (Å²) < 4.78 is 44.2. The minimum atomic E-state index is -4.41. The Labute approximate surface area is 175 Å². The molecular weight excluding hydrogens is 409 g/mol. The largest absolute Gasteiger partial charge is 0.488 e. The average Bonchev–Trinajstić information content (AvgIpc) is 3.11. The maximum absolute atomic E-state index is 12.8. The van der Waals surface area contributed by atoms with E-state index in [2.05, 4.69) is 0 Å². The molecular formula is C24H17F3O4. The lowest BCUT2D eigenvalue weighted by molar-refractivity contribution is -0.137. The molecule has 0 atom stereocenters. The smallest absolute Gasteiger partial charge is 0.416 e. The van der Waals surface area contributed by atoms with E-state index in [1.54, 1.807) is 18.2 Å². The minimum absolute atomic E-state index is 0.0159. The molecule has 0 aromatic heterocycles. The Hall–Kier alpha value is -3.61. The first kappa shape index (κ1) is 20.7. The third kappa shape index (κ3) is 4.30. The van der Waals surface area contributed by atoms with E-state index < -0.39 is 17.7 Å². The van der Waals surface area contributed by atoms with Gasteiger partial charge in [0.2, 0.25) is 0 Å². The summed E-state index contributed by atoms with van der Waals surface area (Å²) in [6.45, 7) is 0.0192. The number of halogens is 3. The molecule has 4 nitrogen and oxygen atoms in total.